The van der Waals surface area contributed by atoms with Gasteiger partial charge in [-0.1, -0.05) is 143 Å². The van der Waals surface area contributed by atoms with E-state index in [1.807, 2.05) is 48.6 Å². The van der Waals surface area contributed by atoms with Crippen molar-refractivity contribution in [1.29, 1.82) is 0 Å². The van der Waals surface area contributed by atoms with Crippen LogP contribution in [0.3, 0.4) is 0 Å². The molecule has 1 unspecified atom stereocenters. The zero-order valence-corrected chi connectivity index (χ0v) is 33.4. The Hall–Kier alpha value is -3.07. The average molecular weight is 761 g/mol. The summed E-state index contributed by atoms with van der Waals surface area (Å²) in [5, 5.41) is 9.81. The Morgan fingerprint density at radius 2 is 1.17 bits per heavy atom. The molecule has 0 radical (unpaired) electrons. The third-order valence-electron chi connectivity index (χ3n) is 7.68. The van der Waals surface area contributed by atoms with E-state index in [0.29, 0.717) is 25.7 Å². The smallest absolute Gasteiger partial charge is 0.462 e. The molecule has 53 heavy (non-hydrogen) atoms. The van der Waals surface area contributed by atoms with Crippen LogP contribution in [0.2, 0.25) is 0 Å². The molecule has 0 aromatic heterocycles. The third-order valence-corrected chi connectivity index (χ3v) is 8.17. The van der Waals surface area contributed by atoms with E-state index in [1.54, 1.807) is 6.08 Å². The second-order valence-electron chi connectivity index (χ2n) is 12.7. The monoisotopic (exact) mass is 760 g/mol. The van der Waals surface area contributed by atoms with E-state index in [2.05, 4.69) is 60.9 Å². The van der Waals surface area contributed by atoms with Gasteiger partial charge in [0, 0.05) is 12.8 Å². The summed E-state index contributed by atoms with van der Waals surface area (Å²) < 4.78 is 26.2. The van der Waals surface area contributed by atoms with Crippen LogP contribution >= 0.6 is 7.82 Å². The first-order valence-corrected chi connectivity index (χ1v) is 21.2. The number of hydrogen-bond donors (Lipinski definition) is 3. The number of aliphatic hydroxyl groups excluding tert-OH is 1. The molecule has 0 fully saturated rings. The Balaban J connectivity index is 4.18. The molecule has 0 aromatic carbocycles. The van der Waals surface area contributed by atoms with Crippen LogP contribution in [0.25, 0.3) is 0 Å². The van der Waals surface area contributed by atoms with Crippen molar-refractivity contribution in [3.05, 3.63) is 97.2 Å². The Labute approximate surface area is 320 Å². The molecule has 0 rings (SSSR count). The third kappa shape index (κ3) is 40.0. The number of esters is 2. The fraction of sp³-hybridized carbons (Fsp3) is 0.581. The Morgan fingerprint density at radius 3 is 1.79 bits per heavy atom. The van der Waals surface area contributed by atoms with Crippen LogP contribution in [-0.4, -0.2) is 52.3 Å². The number of rotatable bonds is 34. The average Bonchev–Trinajstić information content (AvgIpc) is 3.12. The number of aliphatic hydroxyl groups is 1. The molecular formula is C43H69O9P. The quantitative estimate of drug-likeness (QED) is 0.0192. The summed E-state index contributed by atoms with van der Waals surface area (Å²) in [6.45, 7) is 3.35. The zero-order valence-electron chi connectivity index (χ0n) is 32.5. The highest BCUT2D eigenvalue weighted by Crippen LogP contribution is 2.35. The normalized spacial score (nSPS) is 14.1. The molecule has 0 aliphatic carbocycles. The molecule has 0 saturated heterocycles. The van der Waals surface area contributed by atoms with Crippen molar-refractivity contribution >= 4 is 19.8 Å². The van der Waals surface area contributed by atoms with Crippen LogP contribution in [0.1, 0.15) is 136 Å². The van der Waals surface area contributed by atoms with Gasteiger partial charge >= 0.3 is 19.8 Å². The molecule has 0 aromatic rings. The molecule has 0 heterocycles. The zero-order chi connectivity index (χ0) is 39.1. The van der Waals surface area contributed by atoms with E-state index in [-0.39, 0.29) is 19.4 Å². The van der Waals surface area contributed by atoms with Crippen molar-refractivity contribution < 1.29 is 43.0 Å². The Morgan fingerprint density at radius 1 is 0.604 bits per heavy atom. The van der Waals surface area contributed by atoms with Gasteiger partial charge in [0.1, 0.15) is 6.61 Å². The lowest BCUT2D eigenvalue weighted by Crippen LogP contribution is -2.29. The number of allylic oxidation sites excluding steroid dienone is 14. The standard InChI is InChI=1S/C43H69O9P/c1-3-5-7-8-9-10-11-12-13-16-19-22-25-28-32-36-42(45)50-38-41(39-51-53(47,48)49)52-43(46)37-33-29-26-23-20-17-14-15-18-21-24-27-31-35-40(44)34-30-6-4-2/h6,9-10,12-13,15,17-18,20,24,26-27,29-31,35,40-41,44H,3-5,7-8,11,14,16,19,21-23,25,28,32-34,36-39H2,1-2H3,(H2,47,48,49)/b10-9-,13-12-,18-15-,20-17-,27-24+,29-26-,30-6-,35-31+/t40?,41-/m1/s1. The van der Waals surface area contributed by atoms with E-state index in [4.69, 9.17) is 19.3 Å². The molecule has 0 bridgehead atoms. The van der Waals surface area contributed by atoms with Gasteiger partial charge in [-0.2, -0.15) is 0 Å². The maximum Gasteiger partial charge on any atom is 0.469 e. The van der Waals surface area contributed by atoms with Gasteiger partial charge < -0.3 is 24.4 Å². The molecule has 0 spiro atoms. The first-order chi connectivity index (χ1) is 25.7. The van der Waals surface area contributed by atoms with Gasteiger partial charge in [0.2, 0.25) is 0 Å². The molecule has 0 aliphatic heterocycles. The van der Waals surface area contributed by atoms with Gasteiger partial charge in [0.05, 0.1) is 12.7 Å². The predicted octanol–water partition coefficient (Wildman–Crippen LogP) is 10.8. The van der Waals surface area contributed by atoms with Crippen molar-refractivity contribution in [3.8, 4) is 0 Å². The Kier molecular flexibility index (Phi) is 35.1. The minimum Gasteiger partial charge on any atom is -0.462 e. The van der Waals surface area contributed by atoms with Crippen molar-refractivity contribution in [1.82, 2.24) is 0 Å². The molecule has 300 valence electrons. The van der Waals surface area contributed by atoms with Gasteiger partial charge in [-0.15, -0.1) is 0 Å². The lowest BCUT2D eigenvalue weighted by atomic mass is 10.1. The topological polar surface area (TPSA) is 140 Å². The molecule has 3 N–H and O–H groups in total. The summed E-state index contributed by atoms with van der Waals surface area (Å²) in [4.78, 5) is 42.7. The molecule has 0 aliphatic rings. The molecule has 10 heteroatoms. The van der Waals surface area contributed by atoms with E-state index < -0.39 is 38.6 Å². The number of carbonyl (C=O) groups excluding carboxylic acids is 2. The second-order valence-corrected chi connectivity index (χ2v) is 14.0. The predicted molar refractivity (Wildman–Crippen MR) is 217 cm³/mol. The minimum atomic E-state index is -4.79. The second kappa shape index (κ2) is 37.3. The van der Waals surface area contributed by atoms with Crippen LogP contribution in [0, 0.1) is 0 Å². The number of hydrogen-bond acceptors (Lipinski definition) is 7. The number of phosphoric acid groups is 1. The molecule has 0 saturated carbocycles. The summed E-state index contributed by atoms with van der Waals surface area (Å²) in [5.41, 5.74) is 0. The summed E-state index contributed by atoms with van der Waals surface area (Å²) in [5.74, 6) is -1.03. The summed E-state index contributed by atoms with van der Waals surface area (Å²) in [6, 6.07) is 0. The molecule has 2 atom stereocenters. The maximum atomic E-state index is 12.4. The number of ether oxygens (including phenoxy) is 2. The highest BCUT2D eigenvalue weighted by molar-refractivity contribution is 7.46. The maximum absolute atomic E-state index is 12.4. The van der Waals surface area contributed by atoms with E-state index in [0.717, 1.165) is 64.2 Å². The summed E-state index contributed by atoms with van der Waals surface area (Å²) in [6.07, 6.45) is 47.5. The van der Waals surface area contributed by atoms with Crippen molar-refractivity contribution in [2.75, 3.05) is 13.2 Å². The van der Waals surface area contributed by atoms with Crippen molar-refractivity contribution in [2.45, 2.75) is 148 Å². The highest BCUT2D eigenvalue weighted by atomic mass is 31.2. The van der Waals surface area contributed by atoms with Crippen LogP contribution < -0.4 is 0 Å². The fourth-order valence-electron chi connectivity index (χ4n) is 4.75. The van der Waals surface area contributed by atoms with Gasteiger partial charge in [-0.25, -0.2) is 4.57 Å². The SMILES string of the molecule is CC/C=C\CC(O)/C=C/C=C/C/C=C\C/C=C\C/C=C\CCC(=O)O[C@H](COC(=O)CCCCCCC/C=C\C/C=C\CCCCC)COP(=O)(O)O. The van der Waals surface area contributed by atoms with Crippen LogP contribution in [0.15, 0.2) is 97.2 Å². The summed E-state index contributed by atoms with van der Waals surface area (Å²) in [7, 11) is -4.79. The molecular weight excluding hydrogens is 691 g/mol. The first-order valence-electron chi connectivity index (χ1n) is 19.6. The van der Waals surface area contributed by atoms with Gasteiger partial charge in [-0.05, 0) is 77.0 Å². The van der Waals surface area contributed by atoms with Gasteiger partial charge in [0.15, 0.2) is 6.10 Å². The molecule has 0 amide bonds. The number of unbranched alkanes of at least 4 members (excludes halogenated alkanes) is 8. The fourth-order valence-corrected chi connectivity index (χ4v) is 5.11. The van der Waals surface area contributed by atoms with Gasteiger partial charge in [0.25, 0.3) is 0 Å². The minimum absolute atomic E-state index is 0.0623. The van der Waals surface area contributed by atoms with Gasteiger partial charge in [-0.3, -0.25) is 14.1 Å². The number of carbonyl (C=O) groups is 2. The van der Waals surface area contributed by atoms with E-state index in [1.165, 1.54) is 19.3 Å². The van der Waals surface area contributed by atoms with Crippen LogP contribution in [0.5, 0.6) is 0 Å². The summed E-state index contributed by atoms with van der Waals surface area (Å²) >= 11 is 0. The molecule has 9 nitrogen and oxygen atoms in total. The lowest BCUT2D eigenvalue weighted by molar-refractivity contribution is -0.161. The van der Waals surface area contributed by atoms with Crippen LogP contribution in [-0.2, 0) is 28.2 Å². The largest absolute Gasteiger partial charge is 0.469 e. The van der Waals surface area contributed by atoms with E-state index >= 15 is 0 Å². The van der Waals surface area contributed by atoms with E-state index in [9.17, 15) is 19.3 Å². The number of phosphoric ester groups is 1. The lowest BCUT2D eigenvalue weighted by Gasteiger charge is -2.18. The first kappa shape index (κ1) is 49.9. The Bertz CT molecular complexity index is 1190. The van der Waals surface area contributed by atoms with Crippen molar-refractivity contribution in [3.63, 3.8) is 0 Å². The highest BCUT2D eigenvalue weighted by Gasteiger charge is 2.22. The van der Waals surface area contributed by atoms with Crippen LogP contribution in [0.4, 0.5) is 0 Å². The van der Waals surface area contributed by atoms with Crippen molar-refractivity contribution in [2.24, 2.45) is 0 Å².